The number of hydrogen-bond donors (Lipinski definition) is 2. The van der Waals surface area contributed by atoms with E-state index in [9.17, 15) is 14.4 Å². The molecule has 2 aromatic rings. The van der Waals surface area contributed by atoms with Crippen LogP contribution in [-0.2, 0) is 33.9 Å². The Labute approximate surface area is 195 Å². The number of carbonyl (C=O) groups is 3. The minimum atomic E-state index is -1.88. The maximum absolute atomic E-state index is 13.0. The van der Waals surface area contributed by atoms with E-state index in [1.807, 2.05) is 12.1 Å². The van der Waals surface area contributed by atoms with Gasteiger partial charge in [-0.15, -0.1) is 0 Å². The van der Waals surface area contributed by atoms with E-state index in [1.165, 1.54) is 4.90 Å². The van der Waals surface area contributed by atoms with Crippen LogP contribution >= 0.6 is 0 Å². The summed E-state index contributed by atoms with van der Waals surface area (Å²) in [4.78, 5) is 40.7. The molecule has 3 amide bonds. The molecule has 3 aliphatic heterocycles. The number of ether oxygens (including phenoxy) is 1. The molecule has 172 valence electrons. The van der Waals surface area contributed by atoms with Crippen LogP contribution in [0.2, 0.25) is 0 Å². The molecule has 2 fully saturated rings. The molecule has 0 aromatic heterocycles. The lowest BCUT2D eigenvalue weighted by Gasteiger charge is -2.29. The third-order valence-electron chi connectivity index (χ3n) is 6.39. The fourth-order valence-electron chi connectivity index (χ4n) is 4.55. The van der Waals surface area contributed by atoms with E-state index in [2.05, 4.69) is 15.5 Å². The first-order chi connectivity index (χ1) is 16.8. The van der Waals surface area contributed by atoms with Crippen molar-refractivity contribution in [3.63, 3.8) is 0 Å². The van der Waals surface area contributed by atoms with Crippen molar-refractivity contribution in [2.75, 3.05) is 31.6 Å². The molecule has 2 saturated heterocycles. The third kappa shape index (κ3) is 4.62. The molecule has 3 heterocycles. The summed E-state index contributed by atoms with van der Waals surface area (Å²) >= 11 is 0. The van der Waals surface area contributed by atoms with Crippen molar-refractivity contribution in [1.29, 1.82) is 0 Å². The second-order valence-electron chi connectivity index (χ2n) is 8.57. The second kappa shape index (κ2) is 9.33. The normalized spacial score (nSPS) is 22.5. The Morgan fingerprint density at radius 2 is 1.82 bits per heavy atom. The van der Waals surface area contributed by atoms with Crippen LogP contribution in [0.3, 0.4) is 0 Å². The molecule has 0 bridgehead atoms. The zero-order valence-electron chi connectivity index (χ0n) is 20.3. The van der Waals surface area contributed by atoms with Crippen LogP contribution in [0.4, 0.5) is 5.69 Å². The number of hydrogen-bond acceptors (Lipinski definition) is 6. The summed E-state index contributed by atoms with van der Waals surface area (Å²) in [6.45, 7) is 2.33. The molecule has 1 unspecified atom stereocenters. The largest absolute Gasteiger partial charge is 0.381 e. The van der Waals surface area contributed by atoms with E-state index in [1.54, 1.807) is 30.3 Å². The SMILES string of the molecule is [2H]C([2H])(Nc1cccc2c1CN(C1CCC(=O)NC1=O)C2=O)c1ccc(CN2CCOCC2)cc1. The molecule has 0 saturated carbocycles. The van der Waals surface area contributed by atoms with E-state index in [0.717, 1.165) is 38.4 Å². The minimum absolute atomic E-state index is 0.179. The van der Waals surface area contributed by atoms with Gasteiger partial charge in [0.25, 0.3) is 5.91 Å². The first-order valence-electron chi connectivity index (χ1n) is 12.3. The van der Waals surface area contributed by atoms with Gasteiger partial charge in [-0.25, -0.2) is 0 Å². The zero-order chi connectivity index (χ0) is 24.6. The van der Waals surface area contributed by atoms with Gasteiger partial charge in [0.2, 0.25) is 11.8 Å². The van der Waals surface area contributed by atoms with Crippen LogP contribution in [0.5, 0.6) is 0 Å². The molecule has 33 heavy (non-hydrogen) atoms. The molecule has 3 aliphatic rings. The highest BCUT2D eigenvalue weighted by molar-refractivity contribution is 6.06. The fourth-order valence-corrected chi connectivity index (χ4v) is 4.55. The summed E-state index contributed by atoms with van der Waals surface area (Å²) < 4.78 is 22.7. The van der Waals surface area contributed by atoms with Crippen LogP contribution in [0.15, 0.2) is 42.5 Å². The lowest BCUT2D eigenvalue weighted by Crippen LogP contribution is -2.52. The zero-order valence-corrected chi connectivity index (χ0v) is 18.3. The molecular weight excluding hydrogens is 420 g/mol. The summed E-state index contributed by atoms with van der Waals surface area (Å²) in [6, 6.07) is 11.9. The fraction of sp³-hybridized carbons (Fsp3) is 0.400. The number of nitrogens with one attached hydrogen (secondary N) is 2. The van der Waals surface area contributed by atoms with Gasteiger partial charge in [-0.2, -0.15) is 0 Å². The Morgan fingerprint density at radius 1 is 1.06 bits per heavy atom. The van der Waals surface area contributed by atoms with Crippen molar-refractivity contribution < 1.29 is 21.9 Å². The van der Waals surface area contributed by atoms with Crippen molar-refractivity contribution >= 4 is 23.4 Å². The van der Waals surface area contributed by atoms with Crippen molar-refractivity contribution in [1.82, 2.24) is 15.1 Å². The van der Waals surface area contributed by atoms with Crippen LogP contribution in [-0.4, -0.2) is 59.9 Å². The molecule has 2 N–H and O–H groups in total. The van der Waals surface area contributed by atoms with E-state index < -0.39 is 18.4 Å². The second-order valence-corrected chi connectivity index (χ2v) is 8.57. The number of imide groups is 1. The van der Waals surface area contributed by atoms with E-state index in [4.69, 9.17) is 7.48 Å². The summed E-state index contributed by atoms with van der Waals surface area (Å²) in [6.07, 6.45) is 0.469. The van der Waals surface area contributed by atoms with Crippen LogP contribution < -0.4 is 10.6 Å². The van der Waals surface area contributed by atoms with Gasteiger partial charge in [-0.1, -0.05) is 30.3 Å². The summed E-state index contributed by atoms with van der Waals surface area (Å²) in [5.74, 6) is -1.09. The highest BCUT2D eigenvalue weighted by Crippen LogP contribution is 2.32. The molecule has 0 radical (unpaired) electrons. The summed E-state index contributed by atoms with van der Waals surface area (Å²) in [5, 5.41) is 5.27. The van der Waals surface area contributed by atoms with Gasteiger partial charge in [-0.3, -0.25) is 24.6 Å². The molecule has 0 aliphatic carbocycles. The lowest BCUT2D eigenvalue weighted by atomic mass is 10.0. The quantitative estimate of drug-likeness (QED) is 0.654. The van der Waals surface area contributed by atoms with Gasteiger partial charge in [-0.05, 0) is 29.7 Å². The van der Waals surface area contributed by atoms with Crippen molar-refractivity contribution in [3.8, 4) is 0 Å². The number of fused-ring (bicyclic) bond motifs is 1. The number of amides is 3. The average molecular weight is 451 g/mol. The first-order valence-corrected chi connectivity index (χ1v) is 11.3. The molecule has 0 spiro atoms. The lowest BCUT2D eigenvalue weighted by molar-refractivity contribution is -0.136. The Balaban J connectivity index is 1.31. The number of benzene rings is 2. The molecular formula is C25H28N4O4. The average Bonchev–Trinajstić information content (AvgIpc) is 3.17. The van der Waals surface area contributed by atoms with Gasteiger partial charge in [0, 0.05) is 55.9 Å². The Bertz CT molecular complexity index is 1150. The molecule has 2 aromatic carbocycles. The topological polar surface area (TPSA) is 91.0 Å². The van der Waals surface area contributed by atoms with Gasteiger partial charge in [0.15, 0.2) is 0 Å². The number of anilines is 1. The van der Waals surface area contributed by atoms with Crippen molar-refractivity contribution in [2.45, 2.75) is 38.5 Å². The Kier molecular flexibility index (Phi) is 5.44. The van der Waals surface area contributed by atoms with Gasteiger partial charge < -0.3 is 15.0 Å². The summed E-state index contributed by atoms with van der Waals surface area (Å²) in [5.41, 5.74) is 3.18. The molecule has 5 rings (SSSR count). The van der Waals surface area contributed by atoms with Gasteiger partial charge >= 0.3 is 0 Å². The molecule has 8 heteroatoms. The summed E-state index contributed by atoms with van der Waals surface area (Å²) in [7, 11) is 0. The number of piperidine rings is 1. The Morgan fingerprint density at radius 3 is 2.58 bits per heavy atom. The first kappa shape index (κ1) is 19.3. The van der Waals surface area contributed by atoms with Gasteiger partial charge in [0.05, 0.1) is 16.0 Å². The number of rotatable bonds is 6. The monoisotopic (exact) mass is 450 g/mol. The predicted molar refractivity (Wildman–Crippen MR) is 122 cm³/mol. The minimum Gasteiger partial charge on any atom is -0.381 e. The van der Waals surface area contributed by atoms with Crippen LogP contribution in [0.25, 0.3) is 0 Å². The molecule has 8 nitrogen and oxygen atoms in total. The standard InChI is InChI=1S/C25H28N4O4/c30-23-9-8-22(24(31)27-23)29-16-20-19(25(29)32)2-1-3-21(20)26-14-17-4-6-18(7-5-17)15-28-10-12-33-13-11-28/h1-7,22,26H,8-16H2,(H,27,30,31)/i14D2. The van der Waals surface area contributed by atoms with Gasteiger partial charge in [0.1, 0.15) is 6.04 Å². The molecule has 1 atom stereocenters. The number of morpholine rings is 1. The maximum Gasteiger partial charge on any atom is 0.255 e. The van der Waals surface area contributed by atoms with Crippen molar-refractivity contribution in [2.24, 2.45) is 0 Å². The maximum atomic E-state index is 13.0. The van der Waals surface area contributed by atoms with Crippen LogP contribution in [0.1, 0.15) is 42.6 Å². The van der Waals surface area contributed by atoms with Crippen molar-refractivity contribution in [3.05, 3.63) is 64.7 Å². The predicted octanol–water partition coefficient (Wildman–Crippen LogP) is 1.89. The third-order valence-corrected chi connectivity index (χ3v) is 6.39. The van der Waals surface area contributed by atoms with Crippen LogP contribution in [0, 0.1) is 0 Å². The van der Waals surface area contributed by atoms with E-state index >= 15 is 0 Å². The highest BCUT2D eigenvalue weighted by Gasteiger charge is 2.39. The Hall–Kier alpha value is -3.23. The number of nitrogens with zero attached hydrogens (tertiary/aromatic N) is 2. The van der Waals surface area contributed by atoms with E-state index in [-0.39, 0.29) is 31.2 Å². The van der Waals surface area contributed by atoms with E-state index in [0.29, 0.717) is 22.4 Å². The smallest absolute Gasteiger partial charge is 0.255 e. The number of carbonyl (C=O) groups excluding carboxylic acids is 3. The highest BCUT2D eigenvalue weighted by atomic mass is 16.5.